The molecular formula is C14H13BrN2O2. The van der Waals surface area contributed by atoms with Gasteiger partial charge in [0.1, 0.15) is 0 Å². The lowest BCUT2D eigenvalue weighted by molar-refractivity contribution is -0.114. The van der Waals surface area contributed by atoms with Crippen LogP contribution in [0, 0.1) is 0 Å². The predicted molar refractivity (Wildman–Crippen MR) is 79.4 cm³/mol. The van der Waals surface area contributed by atoms with E-state index in [1.807, 2.05) is 18.2 Å². The fourth-order valence-corrected chi connectivity index (χ4v) is 1.90. The standard InChI is InChI=1S/C14H13BrN2O2/c1-9(18)17-12-4-2-3-5-13(12)19-14-8-10(15)6-7-11(14)16/h2-8H,16H2,1H3,(H,17,18). The molecule has 0 spiro atoms. The molecule has 98 valence electrons. The van der Waals surface area contributed by atoms with Crippen molar-refractivity contribution < 1.29 is 9.53 Å². The van der Waals surface area contributed by atoms with Gasteiger partial charge in [-0.15, -0.1) is 0 Å². The Bertz CT molecular complexity index is 614. The molecule has 3 N–H and O–H groups in total. The lowest BCUT2D eigenvalue weighted by Gasteiger charge is -2.13. The predicted octanol–water partition coefficient (Wildman–Crippen LogP) is 3.78. The normalized spacial score (nSPS) is 10.0. The molecule has 5 heteroatoms. The van der Waals surface area contributed by atoms with Crippen LogP contribution in [0.4, 0.5) is 11.4 Å². The van der Waals surface area contributed by atoms with E-state index in [0.717, 1.165) is 4.47 Å². The van der Waals surface area contributed by atoms with E-state index in [2.05, 4.69) is 21.2 Å². The number of nitrogens with one attached hydrogen (secondary N) is 1. The van der Waals surface area contributed by atoms with E-state index >= 15 is 0 Å². The van der Waals surface area contributed by atoms with E-state index in [1.54, 1.807) is 24.3 Å². The first-order valence-corrected chi connectivity index (χ1v) is 6.45. The first-order chi connectivity index (χ1) is 9.06. The molecule has 0 atom stereocenters. The molecule has 0 aromatic heterocycles. The molecule has 0 aliphatic rings. The summed E-state index contributed by atoms with van der Waals surface area (Å²) in [6, 6.07) is 12.6. The Hall–Kier alpha value is -2.01. The average Bonchev–Trinajstić information content (AvgIpc) is 2.35. The number of hydrogen-bond donors (Lipinski definition) is 2. The molecule has 19 heavy (non-hydrogen) atoms. The molecule has 0 fully saturated rings. The zero-order valence-electron chi connectivity index (χ0n) is 10.3. The van der Waals surface area contributed by atoms with Gasteiger partial charge in [0, 0.05) is 11.4 Å². The topological polar surface area (TPSA) is 64.3 Å². The summed E-state index contributed by atoms with van der Waals surface area (Å²) in [5, 5.41) is 2.71. The second-order valence-electron chi connectivity index (χ2n) is 3.96. The number of amides is 1. The van der Waals surface area contributed by atoms with Crippen molar-refractivity contribution in [3.8, 4) is 11.5 Å². The molecule has 0 aliphatic carbocycles. The Morgan fingerprint density at radius 2 is 1.95 bits per heavy atom. The van der Waals surface area contributed by atoms with Crippen molar-refractivity contribution in [3.05, 3.63) is 46.9 Å². The summed E-state index contributed by atoms with van der Waals surface area (Å²) < 4.78 is 6.62. The third-order valence-electron chi connectivity index (χ3n) is 2.39. The highest BCUT2D eigenvalue weighted by molar-refractivity contribution is 9.10. The van der Waals surface area contributed by atoms with Crippen LogP contribution in [0.15, 0.2) is 46.9 Å². The summed E-state index contributed by atoms with van der Waals surface area (Å²) in [6.07, 6.45) is 0. The van der Waals surface area contributed by atoms with Crippen molar-refractivity contribution >= 4 is 33.2 Å². The summed E-state index contributed by atoms with van der Waals surface area (Å²) in [4.78, 5) is 11.1. The molecule has 0 radical (unpaired) electrons. The van der Waals surface area contributed by atoms with Crippen LogP contribution < -0.4 is 15.8 Å². The maximum absolute atomic E-state index is 11.1. The summed E-state index contributed by atoms with van der Waals surface area (Å²) in [7, 11) is 0. The van der Waals surface area contributed by atoms with Gasteiger partial charge in [0.05, 0.1) is 11.4 Å². The lowest BCUT2D eigenvalue weighted by Crippen LogP contribution is -2.06. The van der Waals surface area contributed by atoms with Gasteiger partial charge in [0.15, 0.2) is 11.5 Å². The molecule has 2 aromatic rings. The highest BCUT2D eigenvalue weighted by Gasteiger charge is 2.08. The largest absolute Gasteiger partial charge is 0.453 e. The molecule has 1 amide bonds. The number of anilines is 2. The number of carbonyl (C=O) groups excluding carboxylic acids is 1. The Kier molecular flexibility index (Phi) is 4.06. The van der Waals surface area contributed by atoms with Gasteiger partial charge in [-0.2, -0.15) is 0 Å². The number of nitrogens with two attached hydrogens (primary N) is 1. The quantitative estimate of drug-likeness (QED) is 0.846. The van der Waals surface area contributed by atoms with Gasteiger partial charge in [-0.05, 0) is 30.3 Å². The van der Waals surface area contributed by atoms with E-state index in [4.69, 9.17) is 10.5 Å². The Labute approximate surface area is 119 Å². The van der Waals surface area contributed by atoms with Crippen molar-refractivity contribution in [3.63, 3.8) is 0 Å². The molecule has 0 saturated heterocycles. The van der Waals surface area contributed by atoms with Crippen molar-refractivity contribution in [2.24, 2.45) is 0 Å². The SMILES string of the molecule is CC(=O)Nc1ccccc1Oc1cc(Br)ccc1N. The summed E-state index contributed by atoms with van der Waals surface area (Å²) >= 11 is 3.36. The van der Waals surface area contributed by atoms with E-state index in [9.17, 15) is 4.79 Å². The third kappa shape index (κ3) is 3.48. The highest BCUT2D eigenvalue weighted by atomic mass is 79.9. The van der Waals surface area contributed by atoms with Crippen LogP contribution in [0.3, 0.4) is 0 Å². The average molecular weight is 321 g/mol. The molecule has 0 heterocycles. The van der Waals surface area contributed by atoms with E-state index < -0.39 is 0 Å². The van der Waals surface area contributed by atoms with Gasteiger partial charge >= 0.3 is 0 Å². The summed E-state index contributed by atoms with van der Waals surface area (Å²) in [6.45, 7) is 1.45. The van der Waals surface area contributed by atoms with Crippen LogP contribution in [0.1, 0.15) is 6.92 Å². The number of benzene rings is 2. The smallest absolute Gasteiger partial charge is 0.221 e. The molecule has 0 aliphatic heterocycles. The van der Waals surface area contributed by atoms with Gasteiger partial charge in [0.2, 0.25) is 5.91 Å². The summed E-state index contributed by atoms with van der Waals surface area (Å²) in [5.74, 6) is 0.924. The van der Waals surface area contributed by atoms with Crippen molar-refractivity contribution in [1.29, 1.82) is 0 Å². The zero-order chi connectivity index (χ0) is 13.8. The molecule has 0 unspecified atom stereocenters. The molecule has 0 bridgehead atoms. The van der Waals surface area contributed by atoms with E-state index in [-0.39, 0.29) is 5.91 Å². The van der Waals surface area contributed by atoms with Crippen LogP contribution >= 0.6 is 15.9 Å². The molecule has 2 aromatic carbocycles. The minimum atomic E-state index is -0.154. The van der Waals surface area contributed by atoms with Crippen molar-refractivity contribution in [1.82, 2.24) is 0 Å². The van der Waals surface area contributed by atoms with Crippen LogP contribution in [-0.4, -0.2) is 5.91 Å². The maximum Gasteiger partial charge on any atom is 0.221 e. The van der Waals surface area contributed by atoms with Gasteiger partial charge < -0.3 is 15.8 Å². The van der Waals surface area contributed by atoms with Gasteiger partial charge in [0.25, 0.3) is 0 Å². The zero-order valence-corrected chi connectivity index (χ0v) is 11.9. The van der Waals surface area contributed by atoms with E-state index in [0.29, 0.717) is 22.9 Å². The number of rotatable bonds is 3. The first-order valence-electron chi connectivity index (χ1n) is 5.66. The third-order valence-corrected chi connectivity index (χ3v) is 2.89. The van der Waals surface area contributed by atoms with Crippen molar-refractivity contribution in [2.75, 3.05) is 11.1 Å². The Balaban J connectivity index is 2.32. The van der Waals surface area contributed by atoms with Gasteiger partial charge in [-0.3, -0.25) is 4.79 Å². The monoisotopic (exact) mass is 320 g/mol. The number of ether oxygens (including phenoxy) is 1. The fourth-order valence-electron chi connectivity index (χ4n) is 1.56. The molecule has 2 rings (SSSR count). The number of halogens is 1. The van der Waals surface area contributed by atoms with Crippen LogP contribution in [-0.2, 0) is 4.79 Å². The van der Waals surface area contributed by atoms with E-state index in [1.165, 1.54) is 6.92 Å². The lowest BCUT2D eigenvalue weighted by atomic mass is 10.2. The Morgan fingerprint density at radius 3 is 2.68 bits per heavy atom. The first kappa shape index (κ1) is 13.4. The molecular weight excluding hydrogens is 308 g/mol. The fraction of sp³-hybridized carbons (Fsp3) is 0.0714. The number of carbonyl (C=O) groups is 1. The second kappa shape index (κ2) is 5.75. The number of hydrogen-bond acceptors (Lipinski definition) is 3. The minimum Gasteiger partial charge on any atom is -0.453 e. The molecule has 4 nitrogen and oxygen atoms in total. The van der Waals surface area contributed by atoms with Crippen molar-refractivity contribution in [2.45, 2.75) is 6.92 Å². The second-order valence-corrected chi connectivity index (χ2v) is 4.88. The van der Waals surface area contributed by atoms with Crippen LogP contribution in [0.25, 0.3) is 0 Å². The summed E-state index contributed by atoms with van der Waals surface area (Å²) in [5.41, 5.74) is 6.99. The van der Waals surface area contributed by atoms with Gasteiger partial charge in [-0.25, -0.2) is 0 Å². The molecule has 0 saturated carbocycles. The number of nitrogen functional groups attached to an aromatic ring is 1. The maximum atomic E-state index is 11.1. The number of para-hydroxylation sites is 2. The van der Waals surface area contributed by atoms with Crippen LogP contribution in [0.2, 0.25) is 0 Å². The minimum absolute atomic E-state index is 0.154. The highest BCUT2D eigenvalue weighted by Crippen LogP contribution is 2.34. The van der Waals surface area contributed by atoms with Crippen LogP contribution in [0.5, 0.6) is 11.5 Å². The van der Waals surface area contributed by atoms with Gasteiger partial charge in [-0.1, -0.05) is 28.1 Å². The Morgan fingerprint density at radius 1 is 1.21 bits per heavy atom.